The Hall–Kier alpha value is -3.24. The molecule has 0 aliphatic carbocycles. The molecular formula is C22H21N3O3S. The molecule has 7 heteroatoms. The topological polar surface area (TPSA) is 91.2 Å². The Kier molecular flexibility index (Phi) is 6.57. The largest absolute Gasteiger partial charge is 0.495 e. The molecule has 6 nitrogen and oxygen atoms in total. The number of hydrogen-bond donors (Lipinski definition) is 2. The predicted octanol–water partition coefficient (Wildman–Crippen LogP) is 3.71. The predicted molar refractivity (Wildman–Crippen MR) is 113 cm³/mol. The molecule has 2 amide bonds. The van der Waals surface area contributed by atoms with Crippen LogP contribution in [0, 0.1) is 18.3 Å². The summed E-state index contributed by atoms with van der Waals surface area (Å²) in [5.41, 5.74) is 3.07. The van der Waals surface area contributed by atoms with Crippen molar-refractivity contribution in [3.63, 3.8) is 0 Å². The molecule has 0 aromatic heterocycles. The molecule has 2 N–H and O–H groups in total. The van der Waals surface area contributed by atoms with Crippen molar-refractivity contribution in [1.29, 1.82) is 5.26 Å². The van der Waals surface area contributed by atoms with Gasteiger partial charge in [0.1, 0.15) is 5.75 Å². The van der Waals surface area contributed by atoms with E-state index < -0.39 is 0 Å². The number of nitriles is 1. The lowest BCUT2D eigenvalue weighted by Gasteiger charge is -2.25. The summed E-state index contributed by atoms with van der Waals surface area (Å²) in [6.07, 6.45) is 0.212. The van der Waals surface area contributed by atoms with Gasteiger partial charge in [-0.2, -0.15) is 5.26 Å². The van der Waals surface area contributed by atoms with Gasteiger partial charge in [0.25, 0.3) is 0 Å². The molecule has 2 aromatic rings. The van der Waals surface area contributed by atoms with Crippen LogP contribution in [0.5, 0.6) is 5.75 Å². The van der Waals surface area contributed by atoms with Crippen LogP contribution in [0.25, 0.3) is 0 Å². The molecule has 0 spiro atoms. The molecule has 29 heavy (non-hydrogen) atoms. The first-order chi connectivity index (χ1) is 14.0. The van der Waals surface area contributed by atoms with Crippen molar-refractivity contribution in [3.8, 4) is 11.8 Å². The number of nitrogens with one attached hydrogen (secondary N) is 2. The molecule has 0 bridgehead atoms. The number of anilines is 1. The Labute approximate surface area is 173 Å². The Morgan fingerprint density at radius 2 is 2.00 bits per heavy atom. The number of carbonyl (C=O) groups is 2. The highest BCUT2D eigenvalue weighted by Gasteiger charge is 2.29. The van der Waals surface area contributed by atoms with Gasteiger partial charge in [-0.3, -0.25) is 9.59 Å². The third-order valence-corrected chi connectivity index (χ3v) is 5.58. The zero-order valence-corrected chi connectivity index (χ0v) is 17.0. The lowest BCUT2D eigenvalue weighted by atomic mass is 9.87. The Balaban J connectivity index is 1.75. The van der Waals surface area contributed by atoms with Gasteiger partial charge in [0.15, 0.2) is 0 Å². The van der Waals surface area contributed by atoms with Crippen molar-refractivity contribution in [2.75, 3.05) is 18.2 Å². The lowest BCUT2D eigenvalue weighted by Crippen LogP contribution is -2.31. The van der Waals surface area contributed by atoms with Crippen LogP contribution in [0.15, 0.2) is 59.1 Å². The highest BCUT2D eigenvalue weighted by molar-refractivity contribution is 8.03. The van der Waals surface area contributed by atoms with Crippen molar-refractivity contribution in [3.05, 3.63) is 70.3 Å². The first kappa shape index (κ1) is 20.5. The van der Waals surface area contributed by atoms with E-state index in [1.54, 1.807) is 18.2 Å². The molecule has 148 valence electrons. The van der Waals surface area contributed by atoms with E-state index in [9.17, 15) is 14.9 Å². The van der Waals surface area contributed by atoms with Crippen LogP contribution in [0.1, 0.15) is 23.5 Å². The fraction of sp³-hybridized carbons (Fsp3) is 0.227. The molecule has 0 unspecified atom stereocenters. The zero-order chi connectivity index (χ0) is 20.8. The Morgan fingerprint density at radius 1 is 1.28 bits per heavy atom. The molecule has 3 rings (SSSR count). The highest BCUT2D eigenvalue weighted by atomic mass is 32.2. The number of thioether (sulfide) groups is 1. The van der Waals surface area contributed by atoms with Gasteiger partial charge in [0.2, 0.25) is 11.8 Å². The minimum Gasteiger partial charge on any atom is -0.495 e. The number of benzene rings is 2. The van der Waals surface area contributed by atoms with Crippen molar-refractivity contribution in [2.45, 2.75) is 19.3 Å². The summed E-state index contributed by atoms with van der Waals surface area (Å²) in [6.45, 7) is 1.99. The molecule has 0 saturated heterocycles. The van der Waals surface area contributed by atoms with Gasteiger partial charge in [-0.05, 0) is 24.6 Å². The van der Waals surface area contributed by atoms with Crippen molar-refractivity contribution in [2.24, 2.45) is 0 Å². The SMILES string of the molecule is COc1ccccc1NC(=O)CSC1=C(C#N)[C@@H](c2ccc(C)cc2)CC(=O)N1. The standard InChI is InChI=1S/C22H21N3O3S/c1-14-7-9-15(10-8-14)16-11-20(26)25-22(17(16)12-23)29-13-21(27)24-18-5-3-4-6-19(18)28-2/h3-10,16H,11,13H2,1-2H3,(H,24,27)(H,25,26)/t16-/m1/s1. The quantitative estimate of drug-likeness (QED) is 0.762. The number of nitrogens with zero attached hydrogens (tertiary/aromatic N) is 1. The fourth-order valence-electron chi connectivity index (χ4n) is 3.09. The minimum atomic E-state index is -0.311. The van der Waals surface area contributed by atoms with Crippen LogP contribution >= 0.6 is 11.8 Å². The number of aryl methyl sites for hydroxylation is 1. The number of hydrogen-bond acceptors (Lipinski definition) is 5. The maximum atomic E-state index is 12.4. The first-order valence-corrected chi connectivity index (χ1v) is 10.1. The summed E-state index contributed by atoms with van der Waals surface area (Å²) < 4.78 is 5.23. The van der Waals surface area contributed by atoms with Crippen LogP contribution in [0.3, 0.4) is 0 Å². The summed E-state index contributed by atoms with van der Waals surface area (Å²) >= 11 is 1.15. The molecule has 1 heterocycles. The van der Waals surface area contributed by atoms with Crippen molar-refractivity contribution >= 4 is 29.3 Å². The highest BCUT2D eigenvalue weighted by Crippen LogP contribution is 2.36. The number of amides is 2. The number of rotatable bonds is 6. The number of para-hydroxylation sites is 2. The van der Waals surface area contributed by atoms with E-state index in [-0.39, 0.29) is 29.9 Å². The van der Waals surface area contributed by atoms with Gasteiger partial charge in [0.05, 0.1) is 35.2 Å². The molecule has 0 saturated carbocycles. The van der Waals surface area contributed by atoms with Gasteiger partial charge in [-0.25, -0.2) is 0 Å². The molecule has 0 fully saturated rings. The summed E-state index contributed by atoms with van der Waals surface area (Å²) in [7, 11) is 1.53. The number of allylic oxidation sites excluding steroid dienone is 1. The van der Waals surface area contributed by atoms with Crippen LogP contribution in [0.2, 0.25) is 0 Å². The smallest absolute Gasteiger partial charge is 0.234 e. The summed E-state index contributed by atoms with van der Waals surface area (Å²) in [5.74, 6) is -0.111. The molecule has 0 radical (unpaired) electrons. The van der Waals surface area contributed by atoms with Gasteiger partial charge in [-0.1, -0.05) is 53.7 Å². The third kappa shape index (κ3) is 4.98. The van der Waals surface area contributed by atoms with E-state index in [1.165, 1.54) is 7.11 Å². The normalized spacial score (nSPS) is 16.0. The van der Waals surface area contributed by atoms with Crippen LogP contribution in [-0.2, 0) is 9.59 Å². The van der Waals surface area contributed by atoms with Crippen molar-refractivity contribution in [1.82, 2.24) is 5.32 Å². The van der Waals surface area contributed by atoms with Crippen LogP contribution < -0.4 is 15.4 Å². The van der Waals surface area contributed by atoms with Gasteiger partial charge >= 0.3 is 0 Å². The van der Waals surface area contributed by atoms with Crippen LogP contribution in [0.4, 0.5) is 5.69 Å². The van der Waals surface area contributed by atoms with Crippen LogP contribution in [-0.4, -0.2) is 24.7 Å². The monoisotopic (exact) mass is 407 g/mol. The first-order valence-electron chi connectivity index (χ1n) is 9.08. The third-order valence-electron chi connectivity index (χ3n) is 4.56. The maximum absolute atomic E-state index is 12.4. The van der Waals surface area contributed by atoms with E-state index in [0.717, 1.165) is 22.9 Å². The molecule has 2 aromatic carbocycles. The van der Waals surface area contributed by atoms with E-state index in [4.69, 9.17) is 4.74 Å². The zero-order valence-electron chi connectivity index (χ0n) is 16.2. The second kappa shape index (κ2) is 9.30. The summed E-state index contributed by atoms with van der Waals surface area (Å²) in [5, 5.41) is 15.7. The number of ether oxygens (including phenoxy) is 1. The minimum absolute atomic E-state index is 0.0550. The summed E-state index contributed by atoms with van der Waals surface area (Å²) in [6, 6.07) is 17.1. The Morgan fingerprint density at radius 3 is 2.69 bits per heavy atom. The van der Waals surface area contributed by atoms with Gasteiger partial charge in [0, 0.05) is 12.3 Å². The lowest BCUT2D eigenvalue weighted by molar-refractivity contribution is -0.121. The van der Waals surface area contributed by atoms with E-state index >= 15 is 0 Å². The summed E-state index contributed by atoms with van der Waals surface area (Å²) in [4.78, 5) is 24.6. The van der Waals surface area contributed by atoms with Crippen molar-refractivity contribution < 1.29 is 14.3 Å². The molecule has 1 atom stereocenters. The van der Waals surface area contributed by atoms with Gasteiger partial charge in [-0.15, -0.1) is 0 Å². The van der Waals surface area contributed by atoms with E-state index in [0.29, 0.717) is 22.0 Å². The average molecular weight is 407 g/mol. The average Bonchev–Trinajstić information content (AvgIpc) is 2.72. The Bertz CT molecular complexity index is 993. The molecule has 1 aliphatic heterocycles. The number of methoxy groups -OCH3 is 1. The van der Waals surface area contributed by atoms with E-state index in [1.807, 2.05) is 37.3 Å². The number of carbonyl (C=O) groups excluding carboxylic acids is 2. The second-order valence-electron chi connectivity index (χ2n) is 6.61. The van der Waals surface area contributed by atoms with Gasteiger partial charge < -0.3 is 15.4 Å². The second-order valence-corrected chi connectivity index (χ2v) is 7.59. The van der Waals surface area contributed by atoms with E-state index in [2.05, 4.69) is 16.7 Å². The molecule has 1 aliphatic rings. The fourth-order valence-corrected chi connectivity index (χ4v) is 3.97. The maximum Gasteiger partial charge on any atom is 0.234 e. The molecular weight excluding hydrogens is 386 g/mol.